The number of amides is 3. The molecule has 1 atom stereocenters. The Labute approximate surface area is 198 Å². The molecule has 0 aliphatic carbocycles. The van der Waals surface area contributed by atoms with Crippen molar-refractivity contribution >= 4 is 35.1 Å². The van der Waals surface area contributed by atoms with Crippen molar-refractivity contribution in [1.29, 1.82) is 0 Å². The molecule has 3 aromatic carbocycles. The molecule has 0 N–H and O–H groups in total. The summed E-state index contributed by atoms with van der Waals surface area (Å²) in [6, 6.07) is 19.0. The monoisotopic (exact) mass is 481 g/mol. The number of thioether (sulfide) groups is 1. The molecule has 172 valence electrons. The molecule has 0 saturated carbocycles. The van der Waals surface area contributed by atoms with Crippen molar-refractivity contribution in [3.8, 4) is 0 Å². The highest BCUT2D eigenvalue weighted by Gasteiger charge is 2.53. The van der Waals surface area contributed by atoms with Crippen LogP contribution in [-0.4, -0.2) is 27.5 Å². The van der Waals surface area contributed by atoms with Crippen LogP contribution in [0.4, 0.5) is 23.7 Å². The van der Waals surface area contributed by atoms with Crippen molar-refractivity contribution in [3.05, 3.63) is 95.1 Å². The number of carbonyl (C=O) groups excluding carboxylic acids is 2. The summed E-state index contributed by atoms with van der Waals surface area (Å²) >= 11 is 1.36. The van der Waals surface area contributed by atoms with Crippen molar-refractivity contribution in [3.63, 3.8) is 0 Å². The highest BCUT2D eigenvalue weighted by atomic mass is 32.2. The van der Waals surface area contributed by atoms with Crippen LogP contribution < -0.4 is 4.90 Å². The minimum absolute atomic E-state index is 0.0830. The zero-order chi connectivity index (χ0) is 24.0. The summed E-state index contributed by atoms with van der Waals surface area (Å²) in [6.45, 7) is 1.93. The van der Waals surface area contributed by atoms with Gasteiger partial charge >= 0.3 is 18.1 Å². The largest absolute Gasteiger partial charge is 0.506 e. The second-order valence-electron chi connectivity index (χ2n) is 8.14. The molecule has 0 aromatic heterocycles. The lowest BCUT2D eigenvalue weighted by molar-refractivity contribution is -0.444. The maximum Gasteiger partial charge on any atom is 0.506 e. The van der Waals surface area contributed by atoms with E-state index in [9.17, 15) is 22.8 Å². The van der Waals surface area contributed by atoms with Gasteiger partial charge in [-0.2, -0.15) is 22.5 Å². The number of imide groups is 1. The molecule has 4 nitrogen and oxygen atoms in total. The Balaban J connectivity index is 1.63. The molecule has 34 heavy (non-hydrogen) atoms. The Morgan fingerprint density at radius 1 is 0.941 bits per heavy atom. The molecule has 5 rings (SSSR count). The fraction of sp³-hybridized carbons (Fsp3) is 0.192. The topological polar surface area (TPSA) is 40.4 Å². The van der Waals surface area contributed by atoms with E-state index in [1.165, 1.54) is 22.4 Å². The van der Waals surface area contributed by atoms with Crippen molar-refractivity contribution in [2.75, 3.05) is 4.90 Å². The third-order valence-corrected chi connectivity index (χ3v) is 7.28. The van der Waals surface area contributed by atoms with Gasteiger partial charge in [-0.05, 0) is 53.9 Å². The molecule has 0 fully saturated rings. The van der Waals surface area contributed by atoms with Crippen LogP contribution in [0.1, 0.15) is 29.2 Å². The number of carbonyl (C=O) groups is 2. The number of fused-ring (bicyclic) bond motifs is 3. The summed E-state index contributed by atoms with van der Waals surface area (Å²) < 4.78 is 41.3. The minimum Gasteiger partial charge on any atom is -0.244 e. The van der Waals surface area contributed by atoms with Crippen LogP contribution in [0, 0.1) is 0 Å². The lowest BCUT2D eigenvalue weighted by Gasteiger charge is -2.24. The third kappa shape index (κ3) is 3.81. The van der Waals surface area contributed by atoms with Gasteiger partial charge in [0, 0.05) is 10.5 Å². The Kier molecular flexibility index (Phi) is 5.56. The molecule has 1 unspecified atom stereocenters. The van der Waals surface area contributed by atoms with Gasteiger partial charge in [-0.1, -0.05) is 43.3 Å². The quantitative estimate of drug-likeness (QED) is 0.435. The fourth-order valence-corrected chi connectivity index (χ4v) is 5.58. The van der Waals surface area contributed by atoms with Crippen molar-refractivity contribution in [1.82, 2.24) is 0 Å². The molecule has 2 heterocycles. The lowest BCUT2D eigenvalue weighted by Crippen LogP contribution is -2.55. The van der Waals surface area contributed by atoms with Gasteiger partial charge in [0.1, 0.15) is 17.9 Å². The van der Waals surface area contributed by atoms with Crippen LogP contribution in [0.25, 0.3) is 0 Å². The highest BCUT2D eigenvalue weighted by molar-refractivity contribution is 8.02. The van der Waals surface area contributed by atoms with Crippen LogP contribution in [0.5, 0.6) is 0 Å². The van der Waals surface area contributed by atoms with Gasteiger partial charge in [0.25, 0.3) is 0 Å². The Morgan fingerprint density at radius 2 is 1.68 bits per heavy atom. The first kappa shape index (κ1) is 22.4. The summed E-state index contributed by atoms with van der Waals surface area (Å²) in [5.74, 6) is -0.356. The predicted molar refractivity (Wildman–Crippen MR) is 124 cm³/mol. The normalized spacial score (nSPS) is 17.8. The molecular formula is C26H20F3N2O2S+. The number of urea groups is 1. The first-order chi connectivity index (χ1) is 16.3. The summed E-state index contributed by atoms with van der Waals surface area (Å²) in [6.07, 6.45) is -3.67. The van der Waals surface area contributed by atoms with E-state index in [4.69, 9.17) is 0 Å². The maximum absolute atomic E-state index is 13.7. The Bertz CT molecular complexity index is 1330. The molecule has 3 amide bonds. The van der Waals surface area contributed by atoms with E-state index in [0.717, 1.165) is 39.5 Å². The second kappa shape index (κ2) is 8.43. The predicted octanol–water partition coefficient (Wildman–Crippen LogP) is 5.91. The highest BCUT2D eigenvalue weighted by Crippen LogP contribution is 2.41. The van der Waals surface area contributed by atoms with Crippen molar-refractivity contribution < 1.29 is 27.3 Å². The lowest BCUT2D eigenvalue weighted by atomic mass is 10.0. The van der Waals surface area contributed by atoms with Gasteiger partial charge in [0.2, 0.25) is 0 Å². The van der Waals surface area contributed by atoms with Gasteiger partial charge < -0.3 is 0 Å². The van der Waals surface area contributed by atoms with E-state index in [2.05, 4.69) is 0 Å². The second-order valence-corrected chi connectivity index (χ2v) is 9.29. The van der Waals surface area contributed by atoms with Crippen LogP contribution in [0.3, 0.4) is 0 Å². The smallest absolute Gasteiger partial charge is 0.244 e. The number of nitrogens with zero attached hydrogens (tertiary/aromatic N) is 2. The fourth-order valence-electron chi connectivity index (χ4n) is 4.29. The first-order valence-corrected chi connectivity index (χ1v) is 11.7. The number of halogens is 3. The average Bonchev–Trinajstić information content (AvgIpc) is 3.22. The molecule has 2 aliphatic rings. The Hall–Kier alpha value is -3.39. The average molecular weight is 482 g/mol. The van der Waals surface area contributed by atoms with E-state index in [1.807, 2.05) is 43.3 Å². The summed E-state index contributed by atoms with van der Waals surface area (Å²) in [7, 11) is 0. The zero-order valence-corrected chi connectivity index (χ0v) is 19.0. The van der Waals surface area contributed by atoms with Crippen LogP contribution in [0.2, 0.25) is 0 Å². The van der Waals surface area contributed by atoms with Crippen molar-refractivity contribution in [2.24, 2.45) is 0 Å². The molecule has 0 radical (unpaired) electrons. The number of hydrogen-bond acceptors (Lipinski definition) is 3. The minimum atomic E-state index is -4.49. The van der Waals surface area contributed by atoms with Crippen LogP contribution in [0.15, 0.2) is 77.7 Å². The van der Waals surface area contributed by atoms with Gasteiger partial charge in [0.15, 0.2) is 5.25 Å². The molecular weight excluding hydrogens is 461 g/mol. The van der Waals surface area contributed by atoms with Crippen LogP contribution in [-0.2, 0) is 23.9 Å². The van der Waals surface area contributed by atoms with E-state index in [0.29, 0.717) is 17.0 Å². The first-order valence-electron chi connectivity index (χ1n) is 10.8. The van der Waals surface area contributed by atoms with Gasteiger partial charge in [-0.3, -0.25) is 0 Å². The molecule has 2 aliphatic heterocycles. The summed E-state index contributed by atoms with van der Waals surface area (Å²) in [5, 5.41) is -0.660. The van der Waals surface area contributed by atoms with E-state index >= 15 is 0 Å². The number of anilines is 1. The SMILES string of the molecule is CCc1ccc(N2C(=O)C3Sc4ccccc4C3=[N+](Cc3cccc(C(F)(F)F)c3)C2=O)cc1. The molecule has 8 heteroatoms. The molecule has 3 aromatic rings. The maximum atomic E-state index is 13.7. The van der Waals surface area contributed by atoms with E-state index in [-0.39, 0.29) is 12.5 Å². The molecule has 0 saturated heterocycles. The number of alkyl halides is 3. The molecule has 0 spiro atoms. The van der Waals surface area contributed by atoms with E-state index in [1.54, 1.807) is 18.2 Å². The number of hydrogen-bond donors (Lipinski definition) is 0. The zero-order valence-electron chi connectivity index (χ0n) is 18.2. The van der Waals surface area contributed by atoms with Crippen molar-refractivity contribution in [2.45, 2.75) is 36.2 Å². The number of aryl methyl sites for hydroxylation is 1. The number of rotatable bonds is 4. The standard InChI is InChI=1S/C26H20F3N2O2S/c1-2-16-10-12-19(13-11-16)31-24(32)23-22(20-8-3-4-9-21(20)34-23)30(25(31)33)15-17-6-5-7-18(14-17)26(27,28)29/h3-14,23H,2,15H2,1H3/q+1. The number of benzene rings is 3. The third-order valence-electron chi connectivity index (χ3n) is 6.01. The van der Waals surface area contributed by atoms with Gasteiger partial charge in [0.05, 0.1) is 5.56 Å². The van der Waals surface area contributed by atoms with Gasteiger partial charge in [-0.15, -0.1) is 16.7 Å². The van der Waals surface area contributed by atoms with E-state index < -0.39 is 23.0 Å². The van der Waals surface area contributed by atoms with Crippen LogP contribution >= 0.6 is 11.8 Å². The summed E-state index contributed by atoms with van der Waals surface area (Å²) in [4.78, 5) is 29.2. The summed E-state index contributed by atoms with van der Waals surface area (Å²) in [5.41, 5.74) is 2.34. The molecule has 0 bridgehead atoms. The Morgan fingerprint density at radius 3 is 2.38 bits per heavy atom. The van der Waals surface area contributed by atoms with Gasteiger partial charge in [-0.25, -0.2) is 4.79 Å².